The van der Waals surface area contributed by atoms with Crippen LogP contribution in [0, 0.1) is 0 Å². The maximum absolute atomic E-state index is 6.73. The van der Waals surface area contributed by atoms with Crippen molar-refractivity contribution in [2.24, 2.45) is 0 Å². The average Bonchev–Trinajstić information content (AvgIpc) is 3.21. The van der Waals surface area contributed by atoms with Gasteiger partial charge in [-0.25, -0.2) is 4.98 Å². The van der Waals surface area contributed by atoms with Crippen molar-refractivity contribution in [3.63, 3.8) is 0 Å². The second kappa shape index (κ2) is 9.91. The Labute approximate surface area is 168 Å². The van der Waals surface area contributed by atoms with Gasteiger partial charge in [0.25, 0.3) is 0 Å². The van der Waals surface area contributed by atoms with E-state index in [9.17, 15) is 0 Å². The Hall–Kier alpha value is -1.62. The molecule has 0 aliphatic heterocycles. The molecule has 26 heavy (non-hydrogen) atoms. The van der Waals surface area contributed by atoms with E-state index in [4.69, 9.17) is 27.9 Å². The quantitative estimate of drug-likeness (QED) is 0.311. The summed E-state index contributed by atoms with van der Waals surface area (Å²) in [6.07, 6.45) is 6.32. The summed E-state index contributed by atoms with van der Waals surface area (Å²) in [6, 6.07) is 17.7. The van der Waals surface area contributed by atoms with E-state index in [1.54, 1.807) is 12.5 Å². The molecular formula is C20H20Cl2N2OS. The summed E-state index contributed by atoms with van der Waals surface area (Å²) in [5.41, 5.74) is 0.927. The molecule has 0 aliphatic carbocycles. The number of hydrogen-bond acceptors (Lipinski definition) is 3. The van der Waals surface area contributed by atoms with Gasteiger partial charge in [0.1, 0.15) is 11.3 Å². The molecule has 6 heteroatoms. The van der Waals surface area contributed by atoms with Crippen molar-refractivity contribution in [1.29, 1.82) is 0 Å². The number of para-hydroxylation sites is 1. The highest BCUT2D eigenvalue weighted by Crippen LogP contribution is 2.41. The number of aromatic nitrogens is 2. The molecule has 0 radical (unpaired) electrons. The van der Waals surface area contributed by atoms with Crippen LogP contribution in [-0.2, 0) is 0 Å². The molecule has 0 N–H and O–H groups in total. The molecule has 2 atom stereocenters. The van der Waals surface area contributed by atoms with Crippen molar-refractivity contribution in [1.82, 2.24) is 9.55 Å². The first kappa shape index (κ1) is 19.2. The molecule has 0 amide bonds. The first-order valence-corrected chi connectivity index (χ1v) is 10.3. The molecule has 0 bridgehead atoms. The third-order valence-electron chi connectivity index (χ3n) is 3.86. The Balaban J connectivity index is 1.58. The smallest absolute Gasteiger partial charge is 0.125 e. The molecule has 136 valence electrons. The van der Waals surface area contributed by atoms with Gasteiger partial charge >= 0.3 is 0 Å². The van der Waals surface area contributed by atoms with E-state index in [-0.39, 0.29) is 10.8 Å². The molecule has 0 aliphatic rings. The van der Waals surface area contributed by atoms with Crippen molar-refractivity contribution in [3.05, 3.63) is 83.9 Å². The highest BCUT2D eigenvalue weighted by atomic mass is 35.5. The lowest BCUT2D eigenvalue weighted by Gasteiger charge is -2.23. The van der Waals surface area contributed by atoms with Crippen LogP contribution in [0.4, 0.5) is 0 Å². The van der Waals surface area contributed by atoms with Crippen LogP contribution in [0.2, 0.25) is 5.02 Å². The number of alkyl halides is 1. The molecule has 1 aromatic heterocycles. The Morgan fingerprint density at radius 1 is 1.08 bits per heavy atom. The number of benzene rings is 2. The van der Waals surface area contributed by atoms with E-state index in [0.717, 1.165) is 28.5 Å². The second-order valence-electron chi connectivity index (χ2n) is 5.74. The Morgan fingerprint density at radius 2 is 1.85 bits per heavy atom. The van der Waals surface area contributed by atoms with Crippen LogP contribution in [0.1, 0.15) is 22.7 Å². The zero-order valence-electron chi connectivity index (χ0n) is 14.2. The van der Waals surface area contributed by atoms with E-state index in [0.29, 0.717) is 6.61 Å². The van der Waals surface area contributed by atoms with Crippen LogP contribution in [0.5, 0.6) is 5.75 Å². The molecule has 3 rings (SSSR count). The van der Waals surface area contributed by atoms with Crippen LogP contribution in [0.15, 0.2) is 73.3 Å². The molecule has 3 nitrogen and oxygen atoms in total. The molecule has 0 saturated heterocycles. The average molecular weight is 407 g/mol. The predicted molar refractivity (Wildman–Crippen MR) is 110 cm³/mol. The monoisotopic (exact) mass is 406 g/mol. The van der Waals surface area contributed by atoms with Gasteiger partial charge in [-0.3, -0.25) is 0 Å². The minimum absolute atomic E-state index is 0.0971. The molecule has 2 unspecified atom stereocenters. The number of ether oxygens (including phenoxy) is 1. The standard InChI is InChI=1S/C20H20Cl2N2OS/c21-17-9-7-16(8-10-17)19(20(22)24-12-11-23-15-24)26-14-4-13-25-18-5-2-1-3-6-18/h1-3,5-12,15,19-20H,4,13-14H2. The van der Waals surface area contributed by atoms with Gasteiger partial charge < -0.3 is 9.30 Å². The van der Waals surface area contributed by atoms with Gasteiger partial charge in [-0.05, 0) is 42.0 Å². The zero-order chi connectivity index (χ0) is 18.2. The number of rotatable bonds is 9. The minimum Gasteiger partial charge on any atom is -0.494 e. The fourth-order valence-electron chi connectivity index (χ4n) is 2.53. The fraction of sp³-hybridized carbons (Fsp3) is 0.250. The van der Waals surface area contributed by atoms with Crippen molar-refractivity contribution in [2.45, 2.75) is 17.2 Å². The Morgan fingerprint density at radius 3 is 2.54 bits per heavy atom. The lowest BCUT2D eigenvalue weighted by atomic mass is 10.1. The maximum atomic E-state index is 6.73. The number of nitrogens with zero attached hydrogens (tertiary/aromatic N) is 2. The number of thioether (sulfide) groups is 1. The molecule has 0 fully saturated rings. The van der Waals surface area contributed by atoms with Crippen LogP contribution >= 0.6 is 35.0 Å². The van der Waals surface area contributed by atoms with Gasteiger partial charge in [0, 0.05) is 17.4 Å². The highest BCUT2D eigenvalue weighted by Gasteiger charge is 2.23. The zero-order valence-corrected chi connectivity index (χ0v) is 16.5. The first-order valence-electron chi connectivity index (χ1n) is 8.40. The molecular weight excluding hydrogens is 387 g/mol. The molecule has 0 saturated carbocycles. The summed E-state index contributed by atoms with van der Waals surface area (Å²) in [7, 11) is 0. The van der Waals surface area contributed by atoms with Crippen LogP contribution in [0.3, 0.4) is 0 Å². The van der Waals surface area contributed by atoms with Gasteiger partial charge in [0.2, 0.25) is 0 Å². The van der Waals surface area contributed by atoms with Gasteiger partial charge in [-0.15, -0.1) is 0 Å². The lowest BCUT2D eigenvalue weighted by Crippen LogP contribution is -2.10. The van der Waals surface area contributed by atoms with Crippen molar-refractivity contribution in [3.8, 4) is 5.75 Å². The van der Waals surface area contributed by atoms with Gasteiger partial charge in [-0.1, -0.05) is 53.5 Å². The largest absolute Gasteiger partial charge is 0.494 e. The van der Waals surface area contributed by atoms with Gasteiger partial charge in [0.15, 0.2) is 0 Å². The minimum atomic E-state index is -0.223. The van der Waals surface area contributed by atoms with Gasteiger partial charge in [-0.2, -0.15) is 11.8 Å². The van der Waals surface area contributed by atoms with Crippen LogP contribution in [-0.4, -0.2) is 21.9 Å². The summed E-state index contributed by atoms with van der Waals surface area (Å²) in [6.45, 7) is 0.683. The van der Waals surface area contributed by atoms with E-state index in [1.807, 2.05) is 77.1 Å². The SMILES string of the molecule is Clc1ccc(C(SCCCOc2ccccc2)C(Cl)n2ccnc2)cc1. The van der Waals surface area contributed by atoms with E-state index in [2.05, 4.69) is 4.98 Å². The molecule has 0 spiro atoms. The normalized spacial score (nSPS) is 13.3. The van der Waals surface area contributed by atoms with Crippen molar-refractivity contribution < 1.29 is 4.74 Å². The number of hydrogen-bond donors (Lipinski definition) is 0. The van der Waals surface area contributed by atoms with E-state index < -0.39 is 0 Å². The summed E-state index contributed by atoms with van der Waals surface area (Å²) in [5.74, 6) is 1.85. The van der Waals surface area contributed by atoms with E-state index >= 15 is 0 Å². The number of halogens is 2. The molecule has 1 heterocycles. The summed E-state index contributed by atoms with van der Waals surface area (Å²) < 4.78 is 7.69. The lowest BCUT2D eigenvalue weighted by molar-refractivity contribution is 0.318. The number of imidazole rings is 1. The summed E-state index contributed by atoms with van der Waals surface area (Å²) in [5, 5.41) is 0.822. The Bertz CT molecular complexity index is 766. The van der Waals surface area contributed by atoms with Crippen LogP contribution < -0.4 is 4.74 Å². The molecule has 3 aromatic rings. The third-order valence-corrected chi connectivity index (χ3v) is 6.15. The topological polar surface area (TPSA) is 27.1 Å². The van der Waals surface area contributed by atoms with E-state index in [1.165, 1.54) is 0 Å². The summed E-state index contributed by atoms with van der Waals surface area (Å²) >= 11 is 14.6. The van der Waals surface area contributed by atoms with Gasteiger partial charge in [0.05, 0.1) is 18.2 Å². The maximum Gasteiger partial charge on any atom is 0.125 e. The summed E-state index contributed by atoms with van der Waals surface area (Å²) in [4.78, 5) is 4.10. The molecule has 2 aromatic carbocycles. The first-order chi connectivity index (χ1) is 12.7. The third kappa shape index (κ3) is 5.44. The fourth-order valence-corrected chi connectivity index (χ4v) is 4.33. The second-order valence-corrected chi connectivity index (χ2v) is 7.87. The highest BCUT2D eigenvalue weighted by molar-refractivity contribution is 7.99. The van der Waals surface area contributed by atoms with Crippen molar-refractivity contribution >= 4 is 35.0 Å². The van der Waals surface area contributed by atoms with Crippen molar-refractivity contribution in [2.75, 3.05) is 12.4 Å². The predicted octanol–water partition coefficient (Wildman–Crippen LogP) is 6.22. The van der Waals surface area contributed by atoms with Crippen LogP contribution in [0.25, 0.3) is 0 Å². The Kier molecular flexibility index (Phi) is 7.30.